The Morgan fingerprint density at radius 1 is 0.923 bits per heavy atom. The molecule has 4 nitrogen and oxygen atoms in total. The minimum absolute atomic E-state index is 0.177. The number of hydrogen-bond acceptors (Lipinski definition) is 4. The Morgan fingerprint density at radius 3 is 2.04 bits per heavy atom. The van der Waals surface area contributed by atoms with Crippen LogP contribution in [0.15, 0.2) is 36.4 Å². The summed E-state index contributed by atoms with van der Waals surface area (Å²) in [4.78, 5) is 24.4. The third kappa shape index (κ3) is 5.87. The van der Waals surface area contributed by atoms with Crippen LogP contribution in [0, 0.1) is 0 Å². The van der Waals surface area contributed by atoms with Gasteiger partial charge in [-0.1, -0.05) is 49.7 Å². The minimum atomic E-state index is -0.520. The molecule has 0 radical (unpaired) electrons. The van der Waals surface area contributed by atoms with Gasteiger partial charge in [0.05, 0.1) is 19.4 Å². The van der Waals surface area contributed by atoms with Gasteiger partial charge in [0.15, 0.2) is 0 Å². The Balaban J connectivity index is 2.25. The van der Waals surface area contributed by atoms with E-state index in [4.69, 9.17) is 9.47 Å². The summed E-state index contributed by atoms with van der Waals surface area (Å²) < 4.78 is 10.7. The Morgan fingerprint density at radius 2 is 1.50 bits per heavy atom. The average Bonchev–Trinajstić information content (AvgIpc) is 2.53. The van der Waals surface area contributed by atoms with Gasteiger partial charge in [-0.3, -0.25) is 9.59 Å². The van der Waals surface area contributed by atoms with E-state index in [2.05, 4.69) is 6.92 Å². The molecule has 2 aromatic carbocycles. The second-order valence-electron chi connectivity index (χ2n) is 7.45. The molecule has 0 N–H and O–H groups in total. The quantitative estimate of drug-likeness (QED) is 0.537. The smallest absolute Gasteiger partial charge is 0.310 e. The molecule has 0 saturated heterocycles. The molecule has 4 heteroatoms. The first kappa shape index (κ1) is 20.0. The summed E-state index contributed by atoms with van der Waals surface area (Å²) in [5, 5.41) is 1.94. The topological polar surface area (TPSA) is 52.6 Å². The maximum atomic E-state index is 12.3. The molecule has 140 valence electrons. The standard InChI is InChI=1S/C22H28O4/c1-5-6-13-25-19(23)14-17-11-7-9-16-10-8-12-18(21(16)17)15-20(24)26-22(2,3)4/h7-12H,5-6,13-15H2,1-4H3. The predicted octanol–water partition coefficient (Wildman–Crippen LogP) is 4.61. The van der Waals surface area contributed by atoms with Crippen LogP contribution in [0.3, 0.4) is 0 Å². The van der Waals surface area contributed by atoms with Crippen LogP contribution >= 0.6 is 0 Å². The van der Waals surface area contributed by atoms with E-state index in [1.54, 1.807) is 0 Å². The van der Waals surface area contributed by atoms with E-state index in [1.807, 2.05) is 57.2 Å². The lowest BCUT2D eigenvalue weighted by atomic mass is 9.96. The van der Waals surface area contributed by atoms with Gasteiger partial charge in [0.25, 0.3) is 0 Å². The number of hydrogen-bond donors (Lipinski definition) is 0. The SMILES string of the molecule is CCCCOC(=O)Cc1cccc2cccc(CC(=O)OC(C)(C)C)c12. The molecule has 0 amide bonds. The van der Waals surface area contributed by atoms with Gasteiger partial charge in [-0.25, -0.2) is 0 Å². The fraction of sp³-hybridized carbons (Fsp3) is 0.455. The molecule has 0 aromatic heterocycles. The monoisotopic (exact) mass is 356 g/mol. The van der Waals surface area contributed by atoms with Crippen molar-refractivity contribution >= 4 is 22.7 Å². The second-order valence-corrected chi connectivity index (χ2v) is 7.45. The fourth-order valence-electron chi connectivity index (χ4n) is 2.87. The maximum Gasteiger partial charge on any atom is 0.310 e. The van der Waals surface area contributed by atoms with Gasteiger partial charge < -0.3 is 9.47 Å². The molecule has 2 aromatic rings. The number of rotatable bonds is 7. The molecule has 0 heterocycles. The summed E-state index contributed by atoms with van der Waals surface area (Å²) in [5.74, 6) is -0.511. The number of fused-ring (bicyclic) bond motifs is 1. The highest BCUT2D eigenvalue weighted by Gasteiger charge is 2.18. The van der Waals surface area contributed by atoms with Crippen molar-refractivity contribution in [3.63, 3.8) is 0 Å². The van der Waals surface area contributed by atoms with Crippen molar-refractivity contribution in [3.05, 3.63) is 47.5 Å². The largest absolute Gasteiger partial charge is 0.465 e. The molecule has 0 aliphatic carbocycles. The fourth-order valence-corrected chi connectivity index (χ4v) is 2.87. The number of carbonyl (C=O) groups is 2. The molecule has 0 saturated carbocycles. The molecule has 0 atom stereocenters. The first-order chi connectivity index (χ1) is 12.3. The summed E-state index contributed by atoms with van der Waals surface area (Å²) in [7, 11) is 0. The zero-order chi connectivity index (χ0) is 19.2. The third-order valence-corrected chi connectivity index (χ3v) is 3.93. The van der Waals surface area contributed by atoms with Gasteiger partial charge in [0.1, 0.15) is 5.60 Å². The molecular formula is C22H28O4. The van der Waals surface area contributed by atoms with Crippen molar-refractivity contribution < 1.29 is 19.1 Å². The number of unbranched alkanes of at least 4 members (excludes halogenated alkanes) is 1. The van der Waals surface area contributed by atoms with E-state index >= 15 is 0 Å². The van der Waals surface area contributed by atoms with Crippen molar-refractivity contribution in [1.82, 2.24) is 0 Å². The van der Waals surface area contributed by atoms with E-state index in [1.165, 1.54) is 0 Å². The van der Waals surface area contributed by atoms with Crippen LogP contribution in [0.1, 0.15) is 51.7 Å². The van der Waals surface area contributed by atoms with Crippen molar-refractivity contribution in [1.29, 1.82) is 0 Å². The molecule has 0 fully saturated rings. The summed E-state index contributed by atoms with van der Waals surface area (Å²) >= 11 is 0. The number of benzene rings is 2. The van der Waals surface area contributed by atoms with Gasteiger partial charge in [-0.2, -0.15) is 0 Å². The van der Waals surface area contributed by atoms with Gasteiger partial charge in [0.2, 0.25) is 0 Å². The van der Waals surface area contributed by atoms with Crippen LogP contribution in [-0.2, 0) is 31.9 Å². The van der Waals surface area contributed by atoms with Crippen LogP contribution in [0.2, 0.25) is 0 Å². The van der Waals surface area contributed by atoms with Crippen LogP contribution in [-0.4, -0.2) is 24.1 Å². The highest BCUT2D eigenvalue weighted by atomic mass is 16.6. The molecule has 26 heavy (non-hydrogen) atoms. The number of carbonyl (C=O) groups excluding carboxylic acids is 2. The molecule has 0 aliphatic heterocycles. The summed E-state index contributed by atoms with van der Waals surface area (Å²) in [6.07, 6.45) is 2.23. The van der Waals surface area contributed by atoms with E-state index < -0.39 is 5.60 Å². The highest BCUT2D eigenvalue weighted by Crippen LogP contribution is 2.25. The summed E-state index contributed by atoms with van der Waals surface area (Å²) in [6.45, 7) is 8.07. The predicted molar refractivity (Wildman–Crippen MR) is 103 cm³/mol. The second kappa shape index (κ2) is 8.84. The Hall–Kier alpha value is -2.36. The highest BCUT2D eigenvalue weighted by molar-refractivity contribution is 5.93. The van der Waals surface area contributed by atoms with Gasteiger partial charge in [-0.15, -0.1) is 0 Å². The molecule has 0 spiro atoms. The lowest BCUT2D eigenvalue weighted by Crippen LogP contribution is -2.25. The van der Waals surface area contributed by atoms with Crippen LogP contribution in [0.4, 0.5) is 0 Å². The first-order valence-electron chi connectivity index (χ1n) is 9.17. The number of esters is 2. The van der Waals surface area contributed by atoms with Crippen LogP contribution in [0.5, 0.6) is 0 Å². The Labute approximate surface area is 155 Å². The third-order valence-electron chi connectivity index (χ3n) is 3.93. The van der Waals surface area contributed by atoms with E-state index in [9.17, 15) is 9.59 Å². The Kier molecular flexibility index (Phi) is 6.78. The van der Waals surface area contributed by atoms with Gasteiger partial charge >= 0.3 is 11.9 Å². The zero-order valence-corrected chi connectivity index (χ0v) is 16.1. The first-order valence-corrected chi connectivity index (χ1v) is 9.17. The molecule has 0 aliphatic rings. The van der Waals surface area contributed by atoms with Crippen LogP contribution in [0.25, 0.3) is 10.8 Å². The van der Waals surface area contributed by atoms with E-state index in [0.717, 1.165) is 34.7 Å². The molecule has 0 bridgehead atoms. The normalized spacial score (nSPS) is 11.4. The van der Waals surface area contributed by atoms with Crippen LogP contribution < -0.4 is 0 Å². The average molecular weight is 356 g/mol. The minimum Gasteiger partial charge on any atom is -0.465 e. The zero-order valence-electron chi connectivity index (χ0n) is 16.1. The van der Waals surface area contributed by atoms with E-state index in [0.29, 0.717) is 6.61 Å². The van der Waals surface area contributed by atoms with Gasteiger partial charge in [0, 0.05) is 0 Å². The van der Waals surface area contributed by atoms with Crippen molar-refractivity contribution in [2.75, 3.05) is 6.61 Å². The van der Waals surface area contributed by atoms with Crippen molar-refractivity contribution in [2.45, 2.75) is 59.0 Å². The molecular weight excluding hydrogens is 328 g/mol. The summed E-state index contributed by atoms with van der Waals surface area (Å²) in [5.41, 5.74) is 1.23. The Bertz CT molecular complexity index is 766. The van der Waals surface area contributed by atoms with E-state index in [-0.39, 0.29) is 24.8 Å². The lowest BCUT2D eigenvalue weighted by Gasteiger charge is -2.20. The molecule has 0 unspecified atom stereocenters. The van der Waals surface area contributed by atoms with Crippen molar-refractivity contribution in [3.8, 4) is 0 Å². The maximum absolute atomic E-state index is 12.3. The van der Waals surface area contributed by atoms with Gasteiger partial charge in [-0.05, 0) is 49.1 Å². The number of ether oxygens (including phenoxy) is 2. The lowest BCUT2D eigenvalue weighted by molar-refractivity contribution is -0.153. The summed E-state index contributed by atoms with van der Waals surface area (Å²) in [6, 6.07) is 11.7. The van der Waals surface area contributed by atoms with Crippen molar-refractivity contribution in [2.24, 2.45) is 0 Å². The molecule has 2 rings (SSSR count).